The van der Waals surface area contributed by atoms with Crippen molar-refractivity contribution in [2.75, 3.05) is 67.0 Å². The number of Topliss-reactive ketones (excluding diaryl/α,β-unsaturated/α-hetero) is 1. The summed E-state index contributed by atoms with van der Waals surface area (Å²) in [7, 11) is 3.16. The summed E-state index contributed by atoms with van der Waals surface area (Å²) in [6, 6.07) is 20.8. The Bertz CT molecular complexity index is 2790. The third-order valence-electron chi connectivity index (χ3n) is 14.8. The van der Waals surface area contributed by atoms with Crippen molar-refractivity contribution < 1.29 is 66.7 Å². The minimum absolute atomic E-state index is 0.0663. The Hall–Kier alpha value is -6.95. The normalized spacial score (nSPS) is 17.1. The monoisotopic (exact) mass is 1070 g/mol. The van der Waals surface area contributed by atoms with E-state index >= 15 is 0 Å². The van der Waals surface area contributed by atoms with Crippen LogP contribution in [0, 0.1) is 20.8 Å². The molecule has 0 saturated carbocycles. The number of esters is 1. The fourth-order valence-corrected chi connectivity index (χ4v) is 10.4. The van der Waals surface area contributed by atoms with Crippen LogP contribution < -0.4 is 19.5 Å². The molecule has 4 atom stereocenters. The van der Waals surface area contributed by atoms with Gasteiger partial charge in [-0.15, -0.1) is 0 Å². The van der Waals surface area contributed by atoms with Crippen LogP contribution in [0.5, 0.6) is 17.2 Å². The number of piperidine rings is 2. The van der Waals surface area contributed by atoms with Crippen molar-refractivity contribution >= 4 is 41.3 Å². The Balaban J connectivity index is 0.817. The van der Waals surface area contributed by atoms with Gasteiger partial charge in [-0.25, -0.2) is 4.79 Å². The standard InChI is InChI=1S/C61H75N3O14/c1-7-48(45-34-41(4)56(73-6)54(37-45)72-5)58(68)63-26-9-8-17-52(63)61(71)78-53(24-21-43-19-18-39(2)40(3)33-43)44-14-10-16-47(36-44)77-38-46(65)15-12-28-75-30-32-76-31-29-74-27-11-13-42-20-22-49-50(35-42)60(70)64(59(49)69)51-23-25-55(66)62-57(51)67/h10,14,16,18-20,22,33-37,48,51-53H,7-9,11-13,15,17,21,23-32,38H2,1-6H3,(H,62,66,67)/t48-,51?,52-,53?/m0/s1. The number of ketones is 1. The van der Waals surface area contributed by atoms with Crippen LogP contribution in [-0.2, 0) is 55.8 Å². The molecule has 3 heterocycles. The Morgan fingerprint density at radius 2 is 1.42 bits per heavy atom. The lowest BCUT2D eigenvalue weighted by atomic mass is 9.91. The smallest absolute Gasteiger partial charge is 0.329 e. The third kappa shape index (κ3) is 15.2. The summed E-state index contributed by atoms with van der Waals surface area (Å²) < 4.78 is 40.7. The van der Waals surface area contributed by atoms with Gasteiger partial charge in [0.25, 0.3) is 11.8 Å². The van der Waals surface area contributed by atoms with E-state index in [2.05, 4.69) is 37.4 Å². The lowest BCUT2D eigenvalue weighted by Crippen LogP contribution is -2.54. The summed E-state index contributed by atoms with van der Waals surface area (Å²) >= 11 is 0. The molecule has 418 valence electrons. The summed E-state index contributed by atoms with van der Waals surface area (Å²) in [6.07, 6.45) is 5.35. The molecule has 2 saturated heterocycles. The van der Waals surface area contributed by atoms with Crippen LogP contribution in [0.1, 0.15) is 143 Å². The second-order valence-corrected chi connectivity index (χ2v) is 20.2. The van der Waals surface area contributed by atoms with Gasteiger partial charge in [0.15, 0.2) is 17.3 Å². The maximum Gasteiger partial charge on any atom is 0.329 e. The number of methoxy groups -OCH3 is 2. The molecule has 2 unspecified atom stereocenters. The minimum atomic E-state index is -1.000. The Morgan fingerprint density at radius 3 is 2.14 bits per heavy atom. The number of fused-ring (bicyclic) bond motifs is 1. The molecule has 4 aromatic rings. The lowest BCUT2D eigenvalue weighted by molar-refractivity contribution is -0.162. The number of carbonyl (C=O) groups excluding carboxylic acids is 7. The van der Waals surface area contributed by atoms with Crippen LogP contribution in [0.3, 0.4) is 0 Å². The molecule has 0 aliphatic carbocycles. The van der Waals surface area contributed by atoms with Gasteiger partial charge in [0.2, 0.25) is 17.7 Å². The zero-order valence-electron chi connectivity index (χ0n) is 46.0. The molecule has 0 radical (unpaired) electrons. The lowest BCUT2D eigenvalue weighted by Gasteiger charge is -2.37. The van der Waals surface area contributed by atoms with Crippen molar-refractivity contribution in [2.24, 2.45) is 0 Å². The van der Waals surface area contributed by atoms with Crippen LogP contribution in [0.4, 0.5) is 0 Å². The van der Waals surface area contributed by atoms with E-state index in [-0.39, 0.29) is 48.7 Å². The topological polar surface area (TPSA) is 203 Å². The summed E-state index contributed by atoms with van der Waals surface area (Å²) in [6.45, 7) is 10.7. The average Bonchev–Trinajstić information content (AvgIpc) is 3.80. The molecule has 1 N–H and O–H groups in total. The fourth-order valence-electron chi connectivity index (χ4n) is 10.4. The van der Waals surface area contributed by atoms with Crippen LogP contribution in [-0.4, -0.2) is 130 Å². The van der Waals surface area contributed by atoms with Gasteiger partial charge in [-0.05, 0) is 154 Å². The Labute approximate surface area is 457 Å². The van der Waals surface area contributed by atoms with E-state index in [1.165, 1.54) is 11.1 Å². The number of imide groups is 2. The maximum atomic E-state index is 14.5. The molecule has 17 nitrogen and oxygen atoms in total. The summed E-state index contributed by atoms with van der Waals surface area (Å²) in [4.78, 5) is 94.4. The maximum absolute atomic E-state index is 14.5. The second-order valence-electron chi connectivity index (χ2n) is 20.2. The van der Waals surface area contributed by atoms with Crippen LogP contribution in [0.15, 0.2) is 72.8 Å². The fraction of sp³-hybridized carbons (Fsp3) is 0.492. The number of hydrogen-bond acceptors (Lipinski definition) is 14. The molecular formula is C61H75N3O14. The quantitative estimate of drug-likeness (QED) is 0.0309. The van der Waals surface area contributed by atoms with Crippen LogP contribution in [0.25, 0.3) is 0 Å². The number of amides is 5. The number of nitrogens with one attached hydrogen (secondary N) is 1. The zero-order chi connectivity index (χ0) is 55.7. The van der Waals surface area contributed by atoms with Gasteiger partial charge >= 0.3 is 5.97 Å². The first kappa shape index (κ1) is 58.7. The second kappa shape index (κ2) is 28.6. The molecule has 0 aromatic heterocycles. The Kier molecular flexibility index (Phi) is 21.5. The highest BCUT2D eigenvalue weighted by atomic mass is 16.6. The van der Waals surface area contributed by atoms with Crippen molar-refractivity contribution in [3.63, 3.8) is 0 Å². The van der Waals surface area contributed by atoms with E-state index in [1.807, 2.05) is 44.2 Å². The minimum Gasteiger partial charge on any atom is -0.493 e. The van der Waals surface area contributed by atoms with Crippen molar-refractivity contribution in [3.05, 3.63) is 123 Å². The van der Waals surface area contributed by atoms with Gasteiger partial charge in [-0.1, -0.05) is 49.4 Å². The van der Waals surface area contributed by atoms with Crippen molar-refractivity contribution in [3.8, 4) is 17.2 Å². The molecule has 17 heteroatoms. The van der Waals surface area contributed by atoms with Crippen molar-refractivity contribution in [1.82, 2.24) is 15.1 Å². The van der Waals surface area contributed by atoms with E-state index in [1.54, 1.807) is 43.4 Å². The highest BCUT2D eigenvalue weighted by Crippen LogP contribution is 2.38. The van der Waals surface area contributed by atoms with Crippen LogP contribution in [0.2, 0.25) is 0 Å². The van der Waals surface area contributed by atoms with E-state index in [9.17, 15) is 33.6 Å². The number of ether oxygens (including phenoxy) is 7. The van der Waals surface area contributed by atoms with E-state index in [0.717, 1.165) is 45.6 Å². The Morgan fingerprint density at radius 1 is 0.705 bits per heavy atom. The highest BCUT2D eigenvalue weighted by Gasteiger charge is 2.45. The molecule has 2 fully saturated rings. The first-order valence-corrected chi connectivity index (χ1v) is 27.3. The number of benzene rings is 4. The summed E-state index contributed by atoms with van der Waals surface area (Å²) in [5.41, 5.74) is 7.26. The molecule has 0 spiro atoms. The van der Waals surface area contributed by atoms with Gasteiger partial charge in [0.1, 0.15) is 30.5 Å². The van der Waals surface area contributed by atoms with Gasteiger partial charge in [-0.2, -0.15) is 0 Å². The molecular weight excluding hydrogens is 999 g/mol. The van der Waals surface area contributed by atoms with E-state index in [4.69, 9.17) is 33.2 Å². The number of likely N-dealkylation sites (tertiary alicyclic amines) is 1. The number of aryl methyl sites for hydroxylation is 5. The SMILES string of the molecule is CC[C@H](C(=O)N1CCCC[C@H]1C(=O)OC(CCc1ccc(C)c(C)c1)c1cccc(OCC(=O)CCCOCCOCCOCCCc2ccc3c(c2)C(=O)N(C2CCC(=O)NC2=O)C3=O)c1)c1cc(C)c(OC)c(OC)c1. The molecule has 7 rings (SSSR count). The number of nitrogens with zero attached hydrogens (tertiary/aromatic N) is 2. The van der Waals surface area contributed by atoms with E-state index in [0.29, 0.717) is 108 Å². The van der Waals surface area contributed by atoms with E-state index < -0.39 is 53.7 Å². The van der Waals surface area contributed by atoms with Gasteiger partial charge < -0.3 is 38.1 Å². The zero-order valence-corrected chi connectivity index (χ0v) is 46.0. The average molecular weight is 1070 g/mol. The number of hydrogen-bond donors (Lipinski definition) is 1. The first-order chi connectivity index (χ1) is 37.7. The molecule has 3 aliphatic rings. The number of carbonyl (C=O) groups is 7. The van der Waals surface area contributed by atoms with Gasteiger partial charge in [0, 0.05) is 32.6 Å². The van der Waals surface area contributed by atoms with Crippen molar-refractivity contribution in [1.29, 1.82) is 0 Å². The highest BCUT2D eigenvalue weighted by molar-refractivity contribution is 6.23. The van der Waals surface area contributed by atoms with Crippen molar-refractivity contribution in [2.45, 2.75) is 129 Å². The number of rotatable bonds is 29. The molecule has 0 bridgehead atoms. The predicted molar refractivity (Wildman–Crippen MR) is 290 cm³/mol. The van der Waals surface area contributed by atoms with Gasteiger partial charge in [-0.3, -0.25) is 39.0 Å². The van der Waals surface area contributed by atoms with Crippen LogP contribution >= 0.6 is 0 Å². The molecule has 4 aromatic carbocycles. The summed E-state index contributed by atoms with van der Waals surface area (Å²) in [5, 5.41) is 2.21. The summed E-state index contributed by atoms with van der Waals surface area (Å²) in [5.74, 6) is -1.61. The third-order valence-corrected chi connectivity index (χ3v) is 14.8. The molecule has 5 amide bonds. The predicted octanol–water partition coefficient (Wildman–Crippen LogP) is 8.23. The van der Waals surface area contributed by atoms with Gasteiger partial charge in [0.05, 0.1) is 57.7 Å². The largest absolute Gasteiger partial charge is 0.493 e. The molecule has 78 heavy (non-hydrogen) atoms. The first-order valence-electron chi connectivity index (χ1n) is 27.3. The molecule has 3 aliphatic heterocycles.